The molecule has 0 aromatic heterocycles. The molecule has 1 N–H and O–H groups in total. The van der Waals surface area contributed by atoms with Gasteiger partial charge < -0.3 is 10.2 Å². The lowest BCUT2D eigenvalue weighted by Gasteiger charge is -2.18. The average Bonchev–Trinajstić information content (AvgIpc) is 2.81. The van der Waals surface area contributed by atoms with Crippen LogP contribution in [-0.4, -0.2) is 34.8 Å². The zero-order valence-corrected chi connectivity index (χ0v) is 15.8. The maximum Gasteiger partial charge on any atom is 0.237 e. The summed E-state index contributed by atoms with van der Waals surface area (Å²) >= 11 is 1.58. The van der Waals surface area contributed by atoms with Gasteiger partial charge in [-0.25, -0.2) is 0 Å². The molecule has 1 heterocycles. The van der Waals surface area contributed by atoms with Crippen molar-refractivity contribution in [2.24, 2.45) is 0 Å². The number of nitrogens with zero attached hydrogens (tertiary/aromatic N) is 1. The molecule has 26 heavy (non-hydrogen) atoms. The highest BCUT2D eigenvalue weighted by Crippen LogP contribution is 2.27. The zero-order chi connectivity index (χ0) is 18.4. The van der Waals surface area contributed by atoms with Crippen molar-refractivity contribution in [1.82, 2.24) is 4.90 Å². The number of hydrogen-bond donors (Lipinski definition) is 1. The Morgan fingerprint density at radius 3 is 2.69 bits per heavy atom. The first-order valence-corrected chi connectivity index (χ1v) is 9.96. The van der Waals surface area contributed by atoms with E-state index in [-0.39, 0.29) is 17.1 Å². The summed E-state index contributed by atoms with van der Waals surface area (Å²) in [6.45, 7) is 0.615. The van der Waals surface area contributed by atoms with Crippen molar-refractivity contribution in [1.29, 1.82) is 0 Å². The van der Waals surface area contributed by atoms with Gasteiger partial charge in [-0.15, -0.1) is 11.8 Å². The third-order valence-corrected chi connectivity index (χ3v) is 5.86. The van der Waals surface area contributed by atoms with E-state index in [4.69, 9.17) is 0 Å². The fraction of sp³-hybridized carbons (Fsp3) is 0.333. The number of thioether (sulfide) groups is 1. The summed E-state index contributed by atoms with van der Waals surface area (Å²) in [4.78, 5) is 26.5. The second kappa shape index (κ2) is 8.90. The van der Waals surface area contributed by atoms with Crippen LogP contribution in [0, 0.1) is 0 Å². The predicted octanol–water partition coefficient (Wildman–Crippen LogP) is 3.72. The quantitative estimate of drug-likeness (QED) is 0.845. The Bertz CT molecular complexity index is 764. The summed E-state index contributed by atoms with van der Waals surface area (Å²) < 4.78 is 0. The van der Waals surface area contributed by atoms with E-state index in [1.807, 2.05) is 55.6 Å². The van der Waals surface area contributed by atoms with Crippen LogP contribution in [0.15, 0.2) is 54.6 Å². The van der Waals surface area contributed by atoms with Gasteiger partial charge in [-0.05, 0) is 30.0 Å². The first-order valence-electron chi connectivity index (χ1n) is 8.92. The Balaban J connectivity index is 1.46. The minimum Gasteiger partial charge on any atom is -0.341 e. The van der Waals surface area contributed by atoms with Crippen LogP contribution in [0.5, 0.6) is 0 Å². The van der Waals surface area contributed by atoms with E-state index in [1.165, 1.54) is 5.56 Å². The first kappa shape index (κ1) is 18.5. The van der Waals surface area contributed by atoms with Crippen molar-refractivity contribution in [3.8, 4) is 0 Å². The van der Waals surface area contributed by atoms with Crippen LogP contribution in [0.1, 0.15) is 24.0 Å². The van der Waals surface area contributed by atoms with E-state index in [9.17, 15) is 9.59 Å². The lowest BCUT2D eigenvalue weighted by molar-refractivity contribution is -0.130. The van der Waals surface area contributed by atoms with E-state index in [1.54, 1.807) is 16.7 Å². The molecule has 0 saturated carbocycles. The van der Waals surface area contributed by atoms with Crippen LogP contribution in [0.3, 0.4) is 0 Å². The molecule has 136 valence electrons. The summed E-state index contributed by atoms with van der Waals surface area (Å²) in [5, 5.41) is 2.91. The Kier molecular flexibility index (Phi) is 6.34. The van der Waals surface area contributed by atoms with E-state index in [2.05, 4.69) is 11.4 Å². The molecule has 0 spiro atoms. The van der Waals surface area contributed by atoms with Gasteiger partial charge in [0.25, 0.3) is 0 Å². The minimum atomic E-state index is -0.102. The number of carbonyl (C=O) groups is 2. The van der Waals surface area contributed by atoms with E-state index < -0.39 is 0 Å². The van der Waals surface area contributed by atoms with Crippen molar-refractivity contribution in [2.75, 3.05) is 18.1 Å². The molecule has 0 radical (unpaired) electrons. The number of benzene rings is 2. The molecule has 2 aromatic carbocycles. The number of nitrogens with one attached hydrogen (secondary N) is 1. The van der Waals surface area contributed by atoms with Gasteiger partial charge in [0.05, 0.1) is 5.25 Å². The van der Waals surface area contributed by atoms with E-state index in [0.29, 0.717) is 18.7 Å². The molecule has 0 unspecified atom stereocenters. The van der Waals surface area contributed by atoms with E-state index in [0.717, 1.165) is 24.1 Å². The minimum absolute atomic E-state index is 0.0463. The number of rotatable bonds is 6. The third-order valence-electron chi connectivity index (χ3n) is 4.57. The van der Waals surface area contributed by atoms with Crippen molar-refractivity contribution >= 4 is 29.3 Å². The molecule has 0 aliphatic carbocycles. The lowest BCUT2D eigenvalue weighted by atomic mass is 10.1. The van der Waals surface area contributed by atoms with Gasteiger partial charge in [-0.3, -0.25) is 9.59 Å². The highest BCUT2D eigenvalue weighted by atomic mass is 32.2. The summed E-state index contributed by atoms with van der Waals surface area (Å²) in [5.74, 6) is 0.815. The highest BCUT2D eigenvalue weighted by Gasteiger charge is 2.24. The van der Waals surface area contributed by atoms with Gasteiger partial charge >= 0.3 is 0 Å². The number of fused-ring (bicyclic) bond motifs is 1. The summed E-state index contributed by atoms with van der Waals surface area (Å²) in [6.07, 6.45) is 2.14. The van der Waals surface area contributed by atoms with Crippen molar-refractivity contribution in [2.45, 2.75) is 31.1 Å². The molecule has 5 heteroatoms. The monoisotopic (exact) mass is 368 g/mol. The molecular weight excluding hydrogens is 344 g/mol. The second-order valence-corrected chi connectivity index (χ2v) is 7.84. The van der Waals surface area contributed by atoms with Crippen LogP contribution >= 0.6 is 11.8 Å². The normalized spacial score (nSPS) is 16.3. The highest BCUT2D eigenvalue weighted by molar-refractivity contribution is 8.00. The lowest BCUT2D eigenvalue weighted by Crippen LogP contribution is -2.28. The SMILES string of the molecule is CN(Cc1ccccc1)C(=O)CCS[C@H]1CCc2ccccc2NC1=O. The molecule has 1 aliphatic rings. The molecule has 0 bridgehead atoms. The smallest absolute Gasteiger partial charge is 0.237 e. The Hall–Kier alpha value is -2.27. The Morgan fingerprint density at radius 1 is 1.15 bits per heavy atom. The van der Waals surface area contributed by atoms with Gasteiger partial charge in [-0.1, -0.05) is 48.5 Å². The first-order chi connectivity index (χ1) is 12.6. The molecule has 1 atom stereocenters. The Labute approximate surface area is 159 Å². The molecule has 0 fully saturated rings. The van der Waals surface area contributed by atoms with E-state index >= 15 is 0 Å². The summed E-state index contributed by atoms with van der Waals surface area (Å²) in [5.41, 5.74) is 3.22. The third kappa shape index (κ3) is 4.88. The number of carbonyl (C=O) groups excluding carboxylic acids is 2. The second-order valence-electron chi connectivity index (χ2n) is 6.53. The average molecular weight is 369 g/mol. The molecule has 2 amide bonds. The van der Waals surface area contributed by atoms with Crippen molar-refractivity contribution in [3.63, 3.8) is 0 Å². The van der Waals surface area contributed by atoms with Crippen LogP contribution in [0.2, 0.25) is 0 Å². The molecule has 4 nitrogen and oxygen atoms in total. The largest absolute Gasteiger partial charge is 0.341 e. The Morgan fingerprint density at radius 2 is 1.88 bits per heavy atom. The number of para-hydroxylation sites is 1. The van der Waals surface area contributed by atoms with Gasteiger partial charge in [-0.2, -0.15) is 0 Å². The fourth-order valence-electron chi connectivity index (χ4n) is 3.08. The van der Waals surface area contributed by atoms with Gasteiger partial charge in [0, 0.05) is 31.5 Å². The topological polar surface area (TPSA) is 49.4 Å². The van der Waals surface area contributed by atoms with Gasteiger partial charge in [0.1, 0.15) is 0 Å². The molecule has 2 aromatic rings. The molecular formula is C21H24N2O2S. The summed E-state index contributed by atoms with van der Waals surface area (Å²) in [6, 6.07) is 17.9. The van der Waals surface area contributed by atoms with Crippen LogP contribution < -0.4 is 5.32 Å². The van der Waals surface area contributed by atoms with Crippen LogP contribution in [0.4, 0.5) is 5.69 Å². The molecule has 3 rings (SSSR count). The van der Waals surface area contributed by atoms with Gasteiger partial charge in [0.15, 0.2) is 0 Å². The fourth-order valence-corrected chi connectivity index (χ4v) is 4.15. The maximum absolute atomic E-state index is 12.4. The van der Waals surface area contributed by atoms with Crippen molar-refractivity contribution in [3.05, 3.63) is 65.7 Å². The molecule has 1 aliphatic heterocycles. The number of amides is 2. The standard InChI is InChI=1S/C21H24N2O2S/c1-23(15-16-7-3-2-4-8-16)20(24)13-14-26-19-12-11-17-9-5-6-10-18(17)22-21(19)25/h2-10,19H,11-15H2,1H3,(H,22,25)/t19-/m0/s1. The molecule has 0 saturated heterocycles. The summed E-state index contributed by atoms with van der Waals surface area (Å²) in [7, 11) is 1.83. The predicted molar refractivity (Wildman–Crippen MR) is 107 cm³/mol. The van der Waals surface area contributed by atoms with Crippen LogP contribution in [-0.2, 0) is 22.6 Å². The number of hydrogen-bond acceptors (Lipinski definition) is 3. The maximum atomic E-state index is 12.4. The van der Waals surface area contributed by atoms with Crippen LogP contribution in [0.25, 0.3) is 0 Å². The number of aryl methyl sites for hydroxylation is 1. The van der Waals surface area contributed by atoms with Crippen molar-refractivity contribution < 1.29 is 9.59 Å². The van der Waals surface area contributed by atoms with Gasteiger partial charge in [0.2, 0.25) is 11.8 Å². The zero-order valence-electron chi connectivity index (χ0n) is 15.0. The number of anilines is 1.